The van der Waals surface area contributed by atoms with E-state index in [0.29, 0.717) is 23.8 Å². The zero-order valence-electron chi connectivity index (χ0n) is 18.8. The van der Waals surface area contributed by atoms with Crippen molar-refractivity contribution in [2.75, 3.05) is 38.4 Å². The third-order valence-electron chi connectivity index (χ3n) is 6.94. The van der Waals surface area contributed by atoms with Crippen LogP contribution in [0.4, 0.5) is 5.69 Å². The van der Waals surface area contributed by atoms with Gasteiger partial charge in [-0.1, -0.05) is 48.5 Å². The number of hydrogen-bond acceptors (Lipinski definition) is 5. The van der Waals surface area contributed by atoms with Crippen LogP contribution in [0.2, 0.25) is 0 Å². The van der Waals surface area contributed by atoms with E-state index in [4.69, 9.17) is 14.2 Å². The average Bonchev–Trinajstić information content (AvgIpc) is 3.54. The van der Waals surface area contributed by atoms with Gasteiger partial charge >= 0.3 is 0 Å². The molecule has 6 rings (SSSR count). The summed E-state index contributed by atoms with van der Waals surface area (Å²) in [6.07, 6.45) is 0.756. The molecule has 7 nitrogen and oxygen atoms in total. The fourth-order valence-electron chi connectivity index (χ4n) is 5.04. The molecule has 0 aromatic heterocycles. The number of carbonyl (C=O) groups is 2. The number of carbonyl (C=O) groups excluding carboxylic acids is 2. The molecule has 0 bridgehead atoms. The smallest absolute Gasteiger partial charge is 0.246 e. The minimum absolute atomic E-state index is 0.0250. The number of nitrogens with zero attached hydrogens (tertiary/aromatic N) is 2. The van der Waals surface area contributed by atoms with E-state index < -0.39 is 5.41 Å². The van der Waals surface area contributed by atoms with Gasteiger partial charge in [0, 0.05) is 30.9 Å². The van der Waals surface area contributed by atoms with Crippen LogP contribution in [0.25, 0.3) is 0 Å². The summed E-state index contributed by atoms with van der Waals surface area (Å²) in [6, 6.07) is 21.3. The second kappa shape index (κ2) is 7.80. The molecule has 1 atom stereocenters. The first kappa shape index (κ1) is 20.6. The Bertz CT molecular complexity index is 1290. The number of benzene rings is 3. The molecule has 3 aliphatic heterocycles. The van der Waals surface area contributed by atoms with Gasteiger partial charge in [-0.3, -0.25) is 9.59 Å². The van der Waals surface area contributed by atoms with E-state index in [1.165, 1.54) is 5.56 Å². The number of rotatable bonds is 5. The minimum Gasteiger partial charge on any atom is -0.491 e. The van der Waals surface area contributed by atoms with E-state index in [1.54, 1.807) is 22.9 Å². The summed E-state index contributed by atoms with van der Waals surface area (Å²) in [4.78, 5) is 30.4. The first-order chi connectivity index (χ1) is 16.6. The van der Waals surface area contributed by atoms with E-state index in [1.807, 2.05) is 60.7 Å². The number of hydrogen-bond donors (Lipinski definition) is 0. The first-order valence-corrected chi connectivity index (χ1v) is 11.3. The van der Waals surface area contributed by atoms with Gasteiger partial charge in [0.05, 0.1) is 0 Å². The summed E-state index contributed by atoms with van der Waals surface area (Å²) in [6.45, 7) is 0.872. The molecule has 2 amide bonds. The van der Waals surface area contributed by atoms with Gasteiger partial charge in [-0.15, -0.1) is 0 Å². The molecule has 34 heavy (non-hydrogen) atoms. The molecule has 0 radical (unpaired) electrons. The van der Waals surface area contributed by atoms with E-state index in [9.17, 15) is 9.59 Å². The third kappa shape index (κ3) is 3.04. The van der Waals surface area contributed by atoms with Crippen LogP contribution in [-0.2, 0) is 21.4 Å². The fraction of sp³-hybridized carbons (Fsp3) is 0.259. The number of fused-ring (bicyclic) bond motifs is 5. The maximum absolute atomic E-state index is 14.0. The van der Waals surface area contributed by atoms with Crippen molar-refractivity contribution in [1.29, 1.82) is 0 Å². The van der Waals surface area contributed by atoms with Crippen molar-refractivity contribution in [3.05, 3.63) is 83.4 Å². The van der Waals surface area contributed by atoms with Crippen LogP contribution in [0, 0.1) is 0 Å². The van der Waals surface area contributed by atoms with Crippen LogP contribution in [0.15, 0.2) is 66.7 Å². The molecule has 0 saturated heterocycles. The summed E-state index contributed by atoms with van der Waals surface area (Å²) in [5.41, 5.74) is 2.50. The summed E-state index contributed by atoms with van der Waals surface area (Å²) < 4.78 is 17.0. The SMILES string of the molecule is CN(CCc1ccccc1)C(=O)CN1C(=O)C2(COc3cc4c(cc32)OCO4)c2ccccc21. The van der Waals surface area contributed by atoms with Crippen molar-refractivity contribution in [2.45, 2.75) is 11.8 Å². The molecule has 1 unspecified atom stereocenters. The zero-order valence-corrected chi connectivity index (χ0v) is 18.8. The van der Waals surface area contributed by atoms with Gasteiger partial charge in [0.1, 0.15) is 24.3 Å². The molecule has 0 aliphatic carbocycles. The van der Waals surface area contributed by atoms with Gasteiger partial charge in [0.2, 0.25) is 18.6 Å². The van der Waals surface area contributed by atoms with Crippen molar-refractivity contribution < 1.29 is 23.8 Å². The molecule has 0 N–H and O–H groups in total. The fourth-order valence-corrected chi connectivity index (χ4v) is 5.04. The Morgan fingerprint density at radius 2 is 1.68 bits per heavy atom. The monoisotopic (exact) mass is 456 g/mol. The second-order valence-corrected chi connectivity index (χ2v) is 8.85. The van der Waals surface area contributed by atoms with Crippen LogP contribution in [0.3, 0.4) is 0 Å². The van der Waals surface area contributed by atoms with Crippen molar-refractivity contribution in [2.24, 2.45) is 0 Å². The summed E-state index contributed by atoms with van der Waals surface area (Å²) in [5.74, 6) is 1.56. The van der Waals surface area contributed by atoms with Crippen molar-refractivity contribution in [3.8, 4) is 17.2 Å². The Kier molecular flexibility index (Phi) is 4.72. The van der Waals surface area contributed by atoms with Crippen molar-refractivity contribution >= 4 is 17.5 Å². The molecule has 3 aliphatic rings. The number of ether oxygens (including phenoxy) is 3. The molecule has 0 fully saturated rings. The average molecular weight is 456 g/mol. The highest BCUT2D eigenvalue weighted by Crippen LogP contribution is 2.54. The van der Waals surface area contributed by atoms with E-state index >= 15 is 0 Å². The molecule has 1 spiro atoms. The zero-order chi connectivity index (χ0) is 23.3. The summed E-state index contributed by atoms with van der Waals surface area (Å²) >= 11 is 0. The third-order valence-corrected chi connectivity index (χ3v) is 6.94. The lowest BCUT2D eigenvalue weighted by molar-refractivity contribution is -0.130. The van der Waals surface area contributed by atoms with E-state index in [2.05, 4.69) is 0 Å². The van der Waals surface area contributed by atoms with Gasteiger partial charge in [-0.25, -0.2) is 0 Å². The summed E-state index contributed by atoms with van der Waals surface area (Å²) in [7, 11) is 1.78. The Morgan fingerprint density at radius 3 is 2.50 bits per heavy atom. The van der Waals surface area contributed by atoms with Crippen molar-refractivity contribution in [3.63, 3.8) is 0 Å². The topological polar surface area (TPSA) is 68.3 Å². The number of anilines is 1. The molecule has 172 valence electrons. The first-order valence-electron chi connectivity index (χ1n) is 11.3. The Hall–Kier alpha value is -4.00. The van der Waals surface area contributed by atoms with Crippen LogP contribution >= 0.6 is 0 Å². The highest BCUT2D eigenvalue weighted by molar-refractivity contribution is 6.13. The van der Waals surface area contributed by atoms with Gasteiger partial charge in [0.15, 0.2) is 11.5 Å². The second-order valence-electron chi connectivity index (χ2n) is 8.85. The molecule has 3 heterocycles. The van der Waals surface area contributed by atoms with Crippen molar-refractivity contribution in [1.82, 2.24) is 4.90 Å². The van der Waals surface area contributed by atoms with E-state index in [0.717, 1.165) is 23.2 Å². The van der Waals surface area contributed by atoms with Crippen LogP contribution in [0.5, 0.6) is 17.2 Å². The van der Waals surface area contributed by atoms with Gasteiger partial charge in [-0.2, -0.15) is 0 Å². The lowest BCUT2D eigenvalue weighted by Gasteiger charge is -2.25. The van der Waals surface area contributed by atoms with Gasteiger partial charge in [-0.05, 0) is 29.7 Å². The van der Waals surface area contributed by atoms with Crippen LogP contribution in [0.1, 0.15) is 16.7 Å². The Balaban J connectivity index is 1.29. The summed E-state index contributed by atoms with van der Waals surface area (Å²) in [5, 5.41) is 0. The highest BCUT2D eigenvalue weighted by atomic mass is 16.7. The molecule has 3 aromatic rings. The normalized spacial score (nSPS) is 19.2. The van der Waals surface area contributed by atoms with Crippen LogP contribution in [-0.4, -0.2) is 50.3 Å². The lowest BCUT2D eigenvalue weighted by atomic mass is 9.77. The molecule has 0 saturated carbocycles. The predicted octanol–water partition coefficient (Wildman–Crippen LogP) is 3.14. The van der Waals surface area contributed by atoms with Gasteiger partial charge < -0.3 is 24.0 Å². The Labute approximate surface area is 197 Å². The highest BCUT2D eigenvalue weighted by Gasteiger charge is 2.57. The molecule has 3 aromatic carbocycles. The predicted molar refractivity (Wildman–Crippen MR) is 125 cm³/mol. The van der Waals surface area contributed by atoms with E-state index in [-0.39, 0.29) is 31.8 Å². The molecular formula is C27H24N2O5. The maximum Gasteiger partial charge on any atom is 0.246 e. The standard InChI is InChI=1S/C27H24N2O5/c1-28(12-11-18-7-3-2-4-8-18)25(30)15-29-21-10-6-5-9-19(21)27(26(29)31)16-32-22-14-24-23(13-20(22)27)33-17-34-24/h2-10,13-14H,11-12,15-17H2,1H3. The maximum atomic E-state index is 14.0. The number of para-hydroxylation sites is 1. The van der Waals surface area contributed by atoms with Gasteiger partial charge in [0.25, 0.3) is 0 Å². The van der Waals surface area contributed by atoms with Crippen LogP contribution < -0.4 is 19.1 Å². The quantitative estimate of drug-likeness (QED) is 0.590. The number of amides is 2. The minimum atomic E-state index is -1.00. The lowest BCUT2D eigenvalue weighted by Crippen LogP contribution is -2.46. The Morgan fingerprint density at radius 1 is 0.941 bits per heavy atom. The molecule has 7 heteroatoms. The largest absolute Gasteiger partial charge is 0.491 e. The number of likely N-dealkylation sites (N-methyl/N-ethyl adjacent to an activating group) is 1. The molecular weight excluding hydrogens is 432 g/mol.